The second kappa shape index (κ2) is 6.43. The zero-order valence-corrected chi connectivity index (χ0v) is 15.0. The van der Waals surface area contributed by atoms with E-state index in [9.17, 15) is 4.79 Å². The Hall–Kier alpha value is -1.09. The van der Waals surface area contributed by atoms with E-state index in [2.05, 4.69) is 15.6 Å². The van der Waals surface area contributed by atoms with E-state index in [0.29, 0.717) is 17.3 Å². The van der Waals surface area contributed by atoms with E-state index in [1.54, 1.807) is 25.1 Å². The third kappa shape index (κ3) is 3.26. The highest BCUT2D eigenvalue weighted by atomic mass is 32.2. The quantitative estimate of drug-likeness (QED) is 0.851. The second-order valence-corrected chi connectivity index (χ2v) is 9.41. The average Bonchev–Trinajstić information content (AvgIpc) is 3.32. The number of nitrogens with one attached hydrogen (secondary N) is 2. The maximum atomic E-state index is 12.4. The van der Waals surface area contributed by atoms with Crippen molar-refractivity contribution in [3.8, 4) is 5.19 Å². The van der Waals surface area contributed by atoms with Gasteiger partial charge in [-0.2, -0.15) is 0 Å². The topological polar surface area (TPSA) is 63.2 Å². The number of hydrogen-bond donors (Lipinski definition) is 2. The van der Waals surface area contributed by atoms with E-state index in [-0.39, 0.29) is 11.9 Å². The first kappa shape index (κ1) is 15.4. The molecule has 2 saturated heterocycles. The molecule has 5 nitrogen and oxygen atoms in total. The van der Waals surface area contributed by atoms with Crippen molar-refractivity contribution in [3.05, 3.63) is 23.2 Å². The van der Waals surface area contributed by atoms with Crippen LogP contribution in [0, 0.1) is 0 Å². The first-order chi connectivity index (χ1) is 11.2. The van der Waals surface area contributed by atoms with Crippen LogP contribution in [-0.2, 0) is 0 Å². The number of fused-ring (bicyclic) bond motifs is 2. The van der Waals surface area contributed by atoms with Gasteiger partial charge in [-0.1, -0.05) is 23.1 Å². The molecule has 0 aliphatic carbocycles. The summed E-state index contributed by atoms with van der Waals surface area (Å²) in [5, 5.41) is 7.39. The summed E-state index contributed by atoms with van der Waals surface area (Å²) in [5.74, 6) is 0.0445. The lowest BCUT2D eigenvalue weighted by Crippen LogP contribution is -2.42. The van der Waals surface area contributed by atoms with Crippen molar-refractivity contribution >= 4 is 40.3 Å². The van der Waals surface area contributed by atoms with E-state index in [1.165, 1.54) is 35.5 Å². The number of hydrogen-bond acceptors (Lipinski definition) is 7. The molecule has 3 unspecified atom stereocenters. The predicted molar refractivity (Wildman–Crippen MR) is 92.9 cm³/mol. The lowest BCUT2D eigenvalue weighted by atomic mass is 9.95. The fourth-order valence-electron chi connectivity index (χ4n) is 3.21. The summed E-state index contributed by atoms with van der Waals surface area (Å²) in [4.78, 5) is 17.4. The molecule has 2 bridgehead atoms. The second-order valence-electron chi connectivity index (χ2n) is 5.73. The summed E-state index contributed by atoms with van der Waals surface area (Å²) in [6, 6.07) is 5.24. The first-order valence-corrected chi connectivity index (χ1v) is 10.0. The Kier molecular flexibility index (Phi) is 4.31. The van der Waals surface area contributed by atoms with Gasteiger partial charge in [0.1, 0.15) is 0 Å². The van der Waals surface area contributed by atoms with Gasteiger partial charge in [0.15, 0.2) is 0 Å². The summed E-state index contributed by atoms with van der Waals surface area (Å²) in [6.45, 7) is 0. The van der Waals surface area contributed by atoms with E-state index >= 15 is 0 Å². The van der Waals surface area contributed by atoms with E-state index in [1.807, 2.05) is 12.1 Å². The van der Waals surface area contributed by atoms with Gasteiger partial charge in [0, 0.05) is 18.1 Å². The van der Waals surface area contributed by atoms with Crippen LogP contribution in [0.5, 0.6) is 5.19 Å². The van der Waals surface area contributed by atoms with Crippen molar-refractivity contribution in [3.63, 3.8) is 0 Å². The number of methoxy groups -OCH3 is 1. The molecule has 2 aromatic heterocycles. The normalized spacial score (nSPS) is 25.7. The molecule has 122 valence electrons. The van der Waals surface area contributed by atoms with Gasteiger partial charge in [0.25, 0.3) is 11.1 Å². The molecular weight excluding hydrogens is 350 g/mol. The first-order valence-electron chi connectivity index (χ1n) is 7.55. The van der Waals surface area contributed by atoms with Crippen molar-refractivity contribution in [2.75, 3.05) is 7.11 Å². The number of carbonyl (C=O) groups excluding carboxylic acids is 1. The van der Waals surface area contributed by atoms with Gasteiger partial charge in [-0.3, -0.25) is 4.79 Å². The number of ether oxygens (including phenoxy) is 1. The lowest BCUT2D eigenvalue weighted by molar-refractivity contribution is 0.0935. The zero-order valence-electron chi connectivity index (χ0n) is 12.6. The largest absolute Gasteiger partial charge is 0.473 e. The molecule has 2 N–H and O–H groups in total. The molecule has 0 radical (unpaired) electrons. The molecule has 2 aromatic rings. The highest BCUT2D eigenvalue weighted by Crippen LogP contribution is 2.38. The van der Waals surface area contributed by atoms with Crippen LogP contribution in [0.2, 0.25) is 0 Å². The van der Waals surface area contributed by atoms with Crippen molar-refractivity contribution in [1.29, 1.82) is 0 Å². The molecule has 4 rings (SSSR count). The fourth-order valence-corrected chi connectivity index (χ4v) is 6.27. The molecule has 0 saturated carbocycles. The van der Waals surface area contributed by atoms with Gasteiger partial charge in [0.2, 0.25) is 0 Å². The lowest BCUT2D eigenvalue weighted by Gasteiger charge is -2.20. The predicted octanol–water partition coefficient (Wildman–Crippen LogP) is 2.99. The van der Waals surface area contributed by atoms with Gasteiger partial charge in [-0.25, -0.2) is 4.98 Å². The number of thiazole rings is 1. The molecule has 3 atom stereocenters. The van der Waals surface area contributed by atoms with Crippen molar-refractivity contribution in [2.45, 2.75) is 45.8 Å². The smallest absolute Gasteiger partial charge is 0.273 e. The number of aromatic nitrogens is 1. The summed E-state index contributed by atoms with van der Waals surface area (Å²) in [6.07, 6.45) is 5.28. The maximum absolute atomic E-state index is 12.4. The van der Waals surface area contributed by atoms with Crippen LogP contribution in [0.4, 0.5) is 0 Å². The van der Waals surface area contributed by atoms with Gasteiger partial charge in [-0.15, -0.1) is 11.3 Å². The Morgan fingerprint density at radius 3 is 3.00 bits per heavy atom. The average molecular weight is 368 g/mol. The summed E-state index contributed by atoms with van der Waals surface area (Å²) >= 11 is 4.65. The standard InChI is InChI=1S/C15H17N3O2S3/c1-20-15-16-7-13(23-15)22-12-5-4-11(21-12)14(19)18-10-6-8-2-3-9(10)17-8/h4-5,7-10,17H,2-3,6H2,1H3,(H,18,19). The molecule has 2 aliphatic rings. The molecule has 0 aromatic carbocycles. The van der Waals surface area contributed by atoms with Crippen LogP contribution < -0.4 is 15.4 Å². The van der Waals surface area contributed by atoms with Crippen LogP contribution in [0.1, 0.15) is 28.9 Å². The Balaban J connectivity index is 1.38. The van der Waals surface area contributed by atoms with Crippen LogP contribution >= 0.6 is 34.4 Å². The Morgan fingerprint density at radius 2 is 2.30 bits per heavy atom. The zero-order chi connectivity index (χ0) is 15.8. The minimum Gasteiger partial charge on any atom is -0.473 e. The number of thiophene rings is 1. The number of carbonyl (C=O) groups is 1. The minimum absolute atomic E-state index is 0.0445. The molecule has 2 aliphatic heterocycles. The van der Waals surface area contributed by atoms with Crippen molar-refractivity contribution < 1.29 is 9.53 Å². The van der Waals surface area contributed by atoms with Gasteiger partial charge in [0.05, 0.1) is 26.6 Å². The van der Waals surface area contributed by atoms with E-state index in [4.69, 9.17) is 4.74 Å². The van der Waals surface area contributed by atoms with E-state index in [0.717, 1.165) is 19.7 Å². The van der Waals surface area contributed by atoms with Crippen LogP contribution in [0.15, 0.2) is 26.7 Å². The molecule has 2 fully saturated rings. The Morgan fingerprint density at radius 1 is 1.39 bits per heavy atom. The minimum atomic E-state index is 0.0445. The summed E-state index contributed by atoms with van der Waals surface area (Å²) in [5.41, 5.74) is 0. The van der Waals surface area contributed by atoms with Crippen molar-refractivity contribution in [1.82, 2.24) is 15.6 Å². The van der Waals surface area contributed by atoms with Crippen molar-refractivity contribution in [2.24, 2.45) is 0 Å². The van der Waals surface area contributed by atoms with Gasteiger partial charge in [-0.05, 0) is 31.4 Å². The number of rotatable bonds is 5. The van der Waals surface area contributed by atoms with Gasteiger partial charge < -0.3 is 15.4 Å². The Bertz CT molecular complexity index is 714. The summed E-state index contributed by atoms with van der Waals surface area (Å²) < 4.78 is 7.26. The van der Waals surface area contributed by atoms with Gasteiger partial charge >= 0.3 is 0 Å². The molecule has 4 heterocycles. The molecular formula is C15H17N3O2S3. The number of nitrogens with zero attached hydrogens (tertiary/aromatic N) is 1. The number of amides is 1. The SMILES string of the molecule is COc1ncc(Sc2ccc(C(=O)NC3CC4CCC3N4)s2)s1. The van der Waals surface area contributed by atoms with E-state index < -0.39 is 0 Å². The molecule has 0 spiro atoms. The highest BCUT2D eigenvalue weighted by Gasteiger charge is 2.39. The monoisotopic (exact) mass is 367 g/mol. The maximum Gasteiger partial charge on any atom is 0.273 e. The molecule has 23 heavy (non-hydrogen) atoms. The third-order valence-electron chi connectivity index (χ3n) is 4.26. The van der Waals surface area contributed by atoms with Crippen LogP contribution in [-0.4, -0.2) is 36.1 Å². The fraction of sp³-hybridized carbons (Fsp3) is 0.467. The Labute approximate surface area is 146 Å². The van der Waals surface area contributed by atoms with Crippen LogP contribution in [0.3, 0.4) is 0 Å². The summed E-state index contributed by atoms with van der Waals surface area (Å²) in [7, 11) is 1.62. The molecule has 8 heteroatoms. The third-order valence-corrected chi connectivity index (χ3v) is 7.54. The highest BCUT2D eigenvalue weighted by molar-refractivity contribution is 8.02. The van der Waals surface area contributed by atoms with Crippen LogP contribution in [0.25, 0.3) is 0 Å². The molecule has 1 amide bonds.